The predicted molar refractivity (Wildman–Crippen MR) is 153 cm³/mol. The molecule has 2 saturated heterocycles. The first kappa shape index (κ1) is 29.6. The summed E-state index contributed by atoms with van der Waals surface area (Å²) in [6.07, 6.45) is 1.46. The van der Waals surface area contributed by atoms with Crippen LogP contribution in [-0.4, -0.2) is 61.0 Å². The molecule has 13 heteroatoms. The van der Waals surface area contributed by atoms with Crippen molar-refractivity contribution in [1.82, 2.24) is 4.90 Å². The van der Waals surface area contributed by atoms with E-state index in [2.05, 4.69) is 0 Å². The van der Waals surface area contributed by atoms with Gasteiger partial charge >= 0.3 is 5.97 Å². The van der Waals surface area contributed by atoms with E-state index in [1.165, 1.54) is 30.3 Å². The monoisotopic (exact) mass is 648 g/mol. The topological polar surface area (TPSA) is 132 Å². The fraction of sp³-hybridized carbons (Fsp3) is 0.367. The van der Waals surface area contributed by atoms with Crippen molar-refractivity contribution in [2.24, 2.45) is 17.8 Å². The molecule has 4 amide bonds. The average Bonchev–Trinajstić information content (AvgIpc) is 3.28. The van der Waals surface area contributed by atoms with E-state index in [1.54, 1.807) is 6.08 Å². The van der Waals surface area contributed by atoms with Crippen LogP contribution in [0.1, 0.15) is 37.2 Å². The summed E-state index contributed by atoms with van der Waals surface area (Å²) in [7, 11) is 0. The Morgan fingerprint density at radius 3 is 2.35 bits per heavy atom. The van der Waals surface area contributed by atoms with Gasteiger partial charge in [-0.25, -0.2) is 9.29 Å². The summed E-state index contributed by atoms with van der Waals surface area (Å²) in [5.41, 5.74) is 0.842. The molecule has 2 aliphatic carbocycles. The van der Waals surface area contributed by atoms with Gasteiger partial charge in [-0.15, -0.1) is 23.2 Å². The molecule has 2 N–H and O–H groups in total. The number of amides is 4. The summed E-state index contributed by atoms with van der Waals surface area (Å²) in [5, 5.41) is 19.1. The number of likely N-dealkylation sites (tertiary alicyclic amines) is 1. The molecule has 3 fully saturated rings. The van der Waals surface area contributed by atoms with E-state index in [-0.39, 0.29) is 54.3 Å². The van der Waals surface area contributed by atoms with Crippen LogP contribution >= 0.6 is 34.8 Å². The van der Waals surface area contributed by atoms with Gasteiger partial charge in [0.15, 0.2) is 9.75 Å². The van der Waals surface area contributed by atoms with E-state index < -0.39 is 68.8 Å². The third kappa shape index (κ3) is 4.21. The molecule has 0 bridgehead atoms. The number of allylic oxidation sites excluding steroid dienone is 2. The van der Waals surface area contributed by atoms with Crippen molar-refractivity contribution in [2.75, 3.05) is 11.4 Å². The zero-order valence-corrected chi connectivity index (χ0v) is 24.6. The minimum atomic E-state index is -2.15. The normalized spacial score (nSPS) is 31.6. The Hall–Kier alpha value is -3.47. The molecule has 2 aromatic carbocycles. The fourth-order valence-corrected chi connectivity index (χ4v) is 8.38. The Morgan fingerprint density at radius 2 is 1.70 bits per heavy atom. The Balaban J connectivity index is 1.49. The number of aliphatic carboxylic acids is 1. The van der Waals surface area contributed by atoms with Gasteiger partial charge in [0.1, 0.15) is 11.6 Å². The minimum absolute atomic E-state index is 0.0392. The third-order valence-corrected chi connectivity index (χ3v) is 10.8. The van der Waals surface area contributed by atoms with Crippen LogP contribution in [-0.2, 0) is 24.0 Å². The van der Waals surface area contributed by atoms with Crippen LogP contribution in [0, 0.1) is 23.6 Å². The maximum absolute atomic E-state index is 14.3. The number of hydrogen-bond donors (Lipinski definition) is 2. The molecule has 0 spiro atoms. The zero-order chi connectivity index (χ0) is 31.0. The second-order valence-corrected chi connectivity index (χ2v) is 12.9. The lowest BCUT2D eigenvalue weighted by Crippen LogP contribution is -2.60. The number of aromatic hydroxyl groups is 1. The van der Waals surface area contributed by atoms with E-state index in [0.29, 0.717) is 5.57 Å². The maximum Gasteiger partial charge on any atom is 0.303 e. The maximum atomic E-state index is 14.3. The van der Waals surface area contributed by atoms with E-state index in [4.69, 9.17) is 39.9 Å². The number of halogens is 4. The average molecular weight is 650 g/mol. The number of hydrogen-bond acceptors (Lipinski definition) is 6. The fourth-order valence-electron chi connectivity index (χ4n) is 7.17. The van der Waals surface area contributed by atoms with Gasteiger partial charge in [0, 0.05) is 23.9 Å². The molecule has 43 heavy (non-hydrogen) atoms. The van der Waals surface area contributed by atoms with Crippen molar-refractivity contribution >= 4 is 70.1 Å². The number of anilines is 1. The molecule has 0 aromatic heterocycles. The quantitative estimate of drug-likeness (QED) is 0.265. The first-order valence-electron chi connectivity index (χ1n) is 13.6. The van der Waals surface area contributed by atoms with Gasteiger partial charge in [0.05, 0.1) is 17.5 Å². The van der Waals surface area contributed by atoms with Crippen molar-refractivity contribution in [2.45, 2.75) is 41.3 Å². The van der Waals surface area contributed by atoms with Crippen LogP contribution in [0.15, 0.2) is 54.1 Å². The third-order valence-electron chi connectivity index (χ3n) is 9.05. The molecule has 6 unspecified atom stereocenters. The lowest BCUT2D eigenvalue weighted by Gasteiger charge is -2.50. The number of carboxylic acids is 1. The van der Waals surface area contributed by atoms with Crippen molar-refractivity contribution in [3.8, 4) is 5.75 Å². The number of imide groups is 2. The predicted octanol–water partition coefficient (Wildman–Crippen LogP) is 4.61. The molecule has 2 heterocycles. The molecule has 0 radical (unpaired) electrons. The summed E-state index contributed by atoms with van der Waals surface area (Å²) in [4.78, 5) is 64.2. The van der Waals surface area contributed by atoms with Crippen molar-refractivity contribution < 1.29 is 38.6 Å². The highest BCUT2D eigenvalue weighted by Crippen LogP contribution is 2.66. The Labute approximate surface area is 259 Å². The number of benzene rings is 2. The summed E-state index contributed by atoms with van der Waals surface area (Å²) in [5.74, 6) is -8.14. The smallest absolute Gasteiger partial charge is 0.303 e. The Kier molecular flexibility index (Phi) is 7.10. The zero-order valence-electron chi connectivity index (χ0n) is 22.3. The van der Waals surface area contributed by atoms with Crippen molar-refractivity contribution in [3.05, 3.63) is 70.5 Å². The molecule has 6 atom stereocenters. The second kappa shape index (κ2) is 10.3. The molecular formula is C30H24Cl3FN2O7. The van der Waals surface area contributed by atoms with Gasteiger partial charge in [-0.3, -0.25) is 28.9 Å². The lowest BCUT2D eigenvalue weighted by molar-refractivity contribution is -0.142. The molecular weight excluding hydrogens is 626 g/mol. The van der Waals surface area contributed by atoms with Crippen LogP contribution in [0.2, 0.25) is 5.02 Å². The first-order valence-corrected chi connectivity index (χ1v) is 14.7. The number of carbonyl (C=O) groups is 5. The van der Waals surface area contributed by atoms with Gasteiger partial charge < -0.3 is 10.2 Å². The van der Waals surface area contributed by atoms with Gasteiger partial charge in [-0.2, -0.15) is 0 Å². The minimum Gasteiger partial charge on any atom is -0.508 e. The second-order valence-electron chi connectivity index (χ2n) is 11.3. The van der Waals surface area contributed by atoms with E-state index in [9.17, 15) is 33.5 Å². The van der Waals surface area contributed by atoms with E-state index in [0.717, 1.165) is 21.9 Å². The van der Waals surface area contributed by atoms with Crippen LogP contribution in [0.3, 0.4) is 0 Å². The number of alkyl halides is 2. The van der Waals surface area contributed by atoms with E-state index in [1.807, 2.05) is 0 Å². The highest BCUT2D eigenvalue weighted by Gasteiger charge is 2.76. The lowest BCUT2D eigenvalue weighted by atomic mass is 9.56. The summed E-state index contributed by atoms with van der Waals surface area (Å²) in [6, 6.07) is 8.75. The van der Waals surface area contributed by atoms with Crippen molar-refractivity contribution in [1.29, 1.82) is 0 Å². The van der Waals surface area contributed by atoms with Gasteiger partial charge in [-0.1, -0.05) is 29.3 Å². The highest BCUT2D eigenvalue weighted by atomic mass is 35.5. The van der Waals surface area contributed by atoms with Crippen LogP contribution in [0.5, 0.6) is 5.75 Å². The summed E-state index contributed by atoms with van der Waals surface area (Å²) in [6.45, 7) is -0.0759. The van der Waals surface area contributed by atoms with E-state index >= 15 is 0 Å². The number of nitrogens with zero attached hydrogens (tertiary/aromatic N) is 2. The standard InChI is InChI=1S/C30H24Cl3FN2O7/c31-21-12-16(37)7-8-18(21)24-17-9-10-19-23(26(41)35(25(19)40)11-1-2-22(38)39)20(17)13-29(32)27(42)36(28(43)30(24,29)33)15-5-3-14(34)4-6-15/h3-9,12,19-20,23-24,37H,1-2,10-11,13H2,(H,38,39). The number of phenols is 1. The van der Waals surface area contributed by atoms with Crippen LogP contribution < -0.4 is 4.90 Å². The molecule has 9 nitrogen and oxygen atoms in total. The summed E-state index contributed by atoms with van der Waals surface area (Å²) >= 11 is 21.1. The highest BCUT2D eigenvalue weighted by molar-refractivity contribution is 6.58. The molecule has 2 aliphatic heterocycles. The number of carbonyl (C=O) groups excluding carboxylic acids is 4. The number of fused-ring (bicyclic) bond motifs is 4. The number of carboxylic acid groups (broad SMARTS) is 1. The van der Waals surface area contributed by atoms with Crippen LogP contribution in [0.4, 0.5) is 10.1 Å². The largest absolute Gasteiger partial charge is 0.508 e. The number of phenolic OH excluding ortho intramolecular Hbond substituents is 1. The first-order chi connectivity index (χ1) is 20.3. The summed E-state index contributed by atoms with van der Waals surface area (Å²) < 4.78 is 13.7. The molecule has 4 aliphatic rings. The number of rotatable bonds is 6. The van der Waals surface area contributed by atoms with Gasteiger partial charge in [0.25, 0.3) is 11.8 Å². The van der Waals surface area contributed by atoms with Crippen LogP contribution in [0.25, 0.3) is 0 Å². The van der Waals surface area contributed by atoms with Crippen molar-refractivity contribution in [3.63, 3.8) is 0 Å². The van der Waals surface area contributed by atoms with Gasteiger partial charge in [0.2, 0.25) is 11.8 Å². The molecule has 224 valence electrons. The Morgan fingerprint density at radius 1 is 1.00 bits per heavy atom. The SMILES string of the molecule is O=C(O)CCCN1C(=O)C2CC=C3C(CC4(Cl)C(=O)N(c5ccc(F)cc5)C(=O)C4(Cl)C3c3ccc(O)cc3Cl)C2C1=O. The Bertz CT molecular complexity index is 1630. The molecule has 1 saturated carbocycles. The molecule has 6 rings (SSSR count). The molecule has 2 aromatic rings. The van der Waals surface area contributed by atoms with Gasteiger partial charge in [-0.05, 0) is 67.1 Å².